The van der Waals surface area contributed by atoms with Crippen molar-refractivity contribution >= 4 is 34.0 Å². The zero-order chi connectivity index (χ0) is 15.7. The van der Waals surface area contributed by atoms with Crippen molar-refractivity contribution < 1.29 is 14.0 Å². The molecule has 0 bridgehead atoms. The van der Waals surface area contributed by atoms with Crippen LogP contribution in [0.1, 0.15) is 12.1 Å². The Morgan fingerprint density at radius 3 is 2.77 bits per heavy atom. The maximum Gasteiger partial charge on any atom is 0.231 e. The Bertz CT molecular complexity index is 714. The van der Waals surface area contributed by atoms with Gasteiger partial charge in [-0.15, -0.1) is 11.3 Å². The number of aromatic nitrogens is 1. The quantitative estimate of drug-likeness (QED) is 0.946. The van der Waals surface area contributed by atoms with Crippen molar-refractivity contribution in [1.29, 1.82) is 0 Å². The highest BCUT2D eigenvalue weighted by Gasteiger charge is 2.35. The number of halogens is 1. The van der Waals surface area contributed by atoms with Crippen LogP contribution in [0.3, 0.4) is 0 Å². The van der Waals surface area contributed by atoms with Gasteiger partial charge in [0.05, 0.1) is 11.6 Å². The van der Waals surface area contributed by atoms with Crippen LogP contribution in [0, 0.1) is 18.7 Å². The van der Waals surface area contributed by atoms with Crippen LogP contribution >= 0.6 is 11.3 Å². The second kappa shape index (κ2) is 5.84. The van der Waals surface area contributed by atoms with Crippen molar-refractivity contribution in [2.45, 2.75) is 13.3 Å². The van der Waals surface area contributed by atoms with Crippen molar-refractivity contribution in [3.63, 3.8) is 0 Å². The minimum absolute atomic E-state index is 0.137. The standard InChI is InChI=1S/C15H14FN3O2S/c1-9-8-22-15(17-9)18-14(21)10-6-13(20)19(7-10)12-4-2-11(16)3-5-12/h2-5,8,10H,6-7H2,1H3,(H,17,18,21). The van der Waals surface area contributed by atoms with E-state index in [4.69, 9.17) is 0 Å². The number of nitrogens with zero attached hydrogens (tertiary/aromatic N) is 2. The number of benzene rings is 1. The zero-order valence-electron chi connectivity index (χ0n) is 11.9. The van der Waals surface area contributed by atoms with Crippen LogP contribution in [-0.4, -0.2) is 23.3 Å². The van der Waals surface area contributed by atoms with E-state index in [-0.39, 0.29) is 24.1 Å². The molecule has 1 N–H and O–H groups in total. The van der Waals surface area contributed by atoms with Gasteiger partial charge in [-0.25, -0.2) is 9.37 Å². The molecule has 114 valence electrons. The van der Waals surface area contributed by atoms with Crippen molar-refractivity contribution in [3.8, 4) is 0 Å². The number of amides is 2. The Hall–Kier alpha value is -2.28. The summed E-state index contributed by atoms with van der Waals surface area (Å²) in [5.74, 6) is -1.14. The summed E-state index contributed by atoms with van der Waals surface area (Å²) in [5.41, 5.74) is 1.45. The lowest BCUT2D eigenvalue weighted by Crippen LogP contribution is -2.28. The Morgan fingerprint density at radius 2 is 2.14 bits per heavy atom. The van der Waals surface area contributed by atoms with E-state index in [0.29, 0.717) is 17.4 Å². The Kier molecular flexibility index (Phi) is 3.89. The van der Waals surface area contributed by atoms with Gasteiger partial charge in [-0.2, -0.15) is 0 Å². The number of rotatable bonds is 3. The van der Waals surface area contributed by atoms with Crippen LogP contribution in [0.5, 0.6) is 0 Å². The topological polar surface area (TPSA) is 62.3 Å². The highest BCUT2D eigenvalue weighted by Crippen LogP contribution is 2.26. The zero-order valence-corrected chi connectivity index (χ0v) is 12.7. The van der Waals surface area contributed by atoms with E-state index in [9.17, 15) is 14.0 Å². The van der Waals surface area contributed by atoms with Gasteiger partial charge in [0.2, 0.25) is 11.8 Å². The number of hydrogen-bond donors (Lipinski definition) is 1. The number of thiazole rings is 1. The molecule has 0 radical (unpaired) electrons. The van der Waals surface area contributed by atoms with Crippen molar-refractivity contribution in [3.05, 3.63) is 41.2 Å². The van der Waals surface area contributed by atoms with Gasteiger partial charge >= 0.3 is 0 Å². The molecule has 7 heteroatoms. The number of aryl methyl sites for hydroxylation is 1. The van der Waals surface area contributed by atoms with Crippen LogP contribution in [0.25, 0.3) is 0 Å². The SMILES string of the molecule is Cc1csc(NC(=O)C2CC(=O)N(c3ccc(F)cc3)C2)n1. The van der Waals surface area contributed by atoms with E-state index in [1.165, 1.54) is 40.5 Å². The monoisotopic (exact) mass is 319 g/mol. The van der Waals surface area contributed by atoms with Crippen molar-refractivity contribution in [2.24, 2.45) is 5.92 Å². The van der Waals surface area contributed by atoms with Gasteiger partial charge in [0.15, 0.2) is 5.13 Å². The van der Waals surface area contributed by atoms with Gasteiger partial charge in [0.25, 0.3) is 0 Å². The third kappa shape index (κ3) is 2.99. The molecular formula is C15H14FN3O2S. The highest BCUT2D eigenvalue weighted by molar-refractivity contribution is 7.13. The minimum atomic E-state index is -0.429. The van der Waals surface area contributed by atoms with E-state index in [2.05, 4.69) is 10.3 Å². The maximum absolute atomic E-state index is 12.9. The average molecular weight is 319 g/mol. The molecule has 1 atom stereocenters. The Morgan fingerprint density at radius 1 is 1.41 bits per heavy atom. The molecule has 22 heavy (non-hydrogen) atoms. The van der Waals surface area contributed by atoms with Crippen LogP contribution in [0.4, 0.5) is 15.2 Å². The lowest BCUT2D eigenvalue weighted by molar-refractivity contribution is -0.122. The third-order valence-electron chi connectivity index (χ3n) is 3.48. The molecule has 1 saturated heterocycles. The molecule has 1 fully saturated rings. The molecule has 2 amide bonds. The number of hydrogen-bond acceptors (Lipinski definition) is 4. The predicted octanol–water partition coefficient (Wildman–Crippen LogP) is 2.58. The van der Waals surface area contributed by atoms with E-state index in [1.54, 1.807) is 0 Å². The summed E-state index contributed by atoms with van der Waals surface area (Å²) in [6.45, 7) is 2.14. The van der Waals surface area contributed by atoms with Crippen molar-refractivity contribution in [1.82, 2.24) is 4.98 Å². The van der Waals surface area contributed by atoms with E-state index >= 15 is 0 Å². The number of carbonyl (C=O) groups excluding carboxylic acids is 2. The molecule has 2 aromatic rings. The molecule has 2 heterocycles. The fourth-order valence-corrected chi connectivity index (χ4v) is 3.06. The summed E-state index contributed by atoms with van der Waals surface area (Å²) in [6.07, 6.45) is 0.146. The summed E-state index contributed by atoms with van der Waals surface area (Å²) < 4.78 is 12.9. The highest BCUT2D eigenvalue weighted by atomic mass is 32.1. The van der Waals surface area contributed by atoms with E-state index in [1.807, 2.05) is 12.3 Å². The summed E-state index contributed by atoms with van der Waals surface area (Å²) >= 11 is 1.35. The van der Waals surface area contributed by atoms with Gasteiger partial charge in [-0.3, -0.25) is 9.59 Å². The molecular weight excluding hydrogens is 305 g/mol. The molecule has 3 rings (SSSR count). The lowest BCUT2D eigenvalue weighted by atomic mass is 10.1. The summed E-state index contributed by atoms with van der Waals surface area (Å²) in [4.78, 5) is 30.0. The van der Waals surface area contributed by atoms with Gasteiger partial charge in [-0.1, -0.05) is 0 Å². The molecule has 0 aliphatic carbocycles. The summed E-state index contributed by atoms with van der Waals surface area (Å²) in [6, 6.07) is 5.68. The molecule has 1 aromatic heterocycles. The first-order chi connectivity index (χ1) is 10.5. The molecule has 1 aromatic carbocycles. The summed E-state index contributed by atoms with van der Waals surface area (Å²) in [5, 5.41) is 5.12. The maximum atomic E-state index is 12.9. The lowest BCUT2D eigenvalue weighted by Gasteiger charge is -2.16. The fourth-order valence-electron chi connectivity index (χ4n) is 2.37. The van der Waals surface area contributed by atoms with Crippen LogP contribution < -0.4 is 10.2 Å². The van der Waals surface area contributed by atoms with Crippen LogP contribution in [0.15, 0.2) is 29.6 Å². The first-order valence-corrected chi connectivity index (χ1v) is 7.70. The number of nitrogens with one attached hydrogen (secondary N) is 1. The number of anilines is 2. The molecule has 0 spiro atoms. The van der Waals surface area contributed by atoms with Gasteiger partial charge in [0, 0.05) is 24.0 Å². The Balaban J connectivity index is 1.68. The molecule has 1 aliphatic rings. The average Bonchev–Trinajstić information content (AvgIpc) is 3.06. The van der Waals surface area contributed by atoms with Gasteiger partial charge in [-0.05, 0) is 31.2 Å². The number of carbonyl (C=O) groups is 2. The molecule has 1 aliphatic heterocycles. The fraction of sp³-hybridized carbons (Fsp3) is 0.267. The predicted molar refractivity (Wildman–Crippen MR) is 82.3 cm³/mol. The molecule has 1 unspecified atom stereocenters. The largest absolute Gasteiger partial charge is 0.312 e. The minimum Gasteiger partial charge on any atom is -0.312 e. The normalized spacial score (nSPS) is 17.8. The summed E-state index contributed by atoms with van der Waals surface area (Å²) in [7, 11) is 0. The van der Waals surface area contributed by atoms with Gasteiger partial charge in [0.1, 0.15) is 5.82 Å². The second-order valence-electron chi connectivity index (χ2n) is 5.17. The molecule has 5 nitrogen and oxygen atoms in total. The van der Waals surface area contributed by atoms with Crippen LogP contribution in [-0.2, 0) is 9.59 Å². The van der Waals surface area contributed by atoms with Gasteiger partial charge < -0.3 is 10.2 Å². The Labute approximate surface area is 130 Å². The molecule has 0 saturated carbocycles. The smallest absolute Gasteiger partial charge is 0.231 e. The first-order valence-electron chi connectivity index (χ1n) is 6.82. The van der Waals surface area contributed by atoms with Crippen LogP contribution in [0.2, 0.25) is 0 Å². The third-order valence-corrected chi connectivity index (χ3v) is 4.36. The van der Waals surface area contributed by atoms with Crippen molar-refractivity contribution in [2.75, 3.05) is 16.8 Å². The second-order valence-corrected chi connectivity index (χ2v) is 6.02. The first kappa shape index (κ1) is 14.6. The van der Waals surface area contributed by atoms with E-state index in [0.717, 1.165) is 5.69 Å². The van der Waals surface area contributed by atoms with E-state index < -0.39 is 5.92 Å².